The lowest BCUT2D eigenvalue weighted by molar-refractivity contribution is -0.384. The number of nitrogens with one attached hydrogen (secondary N) is 1. The first kappa shape index (κ1) is 26.6. The molecule has 3 atom stereocenters. The monoisotopic (exact) mass is 527 g/mol. The number of ether oxygens (including phenoxy) is 1. The van der Waals surface area contributed by atoms with Crippen molar-refractivity contribution < 1.29 is 37.6 Å². The van der Waals surface area contributed by atoms with E-state index in [-0.39, 0.29) is 30.3 Å². The Bertz CT molecular complexity index is 1160. The van der Waals surface area contributed by atoms with Gasteiger partial charge in [0.15, 0.2) is 0 Å². The molecule has 2 N–H and O–H groups in total. The number of carbonyl (C=O) groups is 3. The third-order valence-corrected chi connectivity index (χ3v) is 7.58. The summed E-state index contributed by atoms with van der Waals surface area (Å²) in [6.45, 7) is 1.52. The molecule has 1 aromatic rings. The van der Waals surface area contributed by atoms with Gasteiger partial charge in [0.05, 0.1) is 28.7 Å². The van der Waals surface area contributed by atoms with E-state index in [4.69, 9.17) is 4.74 Å². The predicted octanol–water partition coefficient (Wildman–Crippen LogP) is 0.355. The number of sulfone groups is 1. The van der Waals surface area contributed by atoms with Crippen molar-refractivity contribution >= 4 is 45.1 Å². The first-order valence-corrected chi connectivity index (χ1v) is 13.6. The number of hydrogen-bond acceptors (Lipinski definition) is 10. The third kappa shape index (κ3) is 6.38. The number of rotatable bonds is 11. The highest BCUT2D eigenvalue weighted by Gasteiger charge is 2.58. The van der Waals surface area contributed by atoms with E-state index in [1.54, 1.807) is 0 Å². The molecule has 14 heteroatoms. The molecule has 2 aliphatic heterocycles. The van der Waals surface area contributed by atoms with Crippen LogP contribution in [-0.2, 0) is 35.6 Å². The van der Waals surface area contributed by atoms with Crippen LogP contribution >= 0.6 is 11.8 Å². The number of β-lactam (4-membered cyclic amide) rings is 1. The fraction of sp³-hybridized carbons (Fsp3) is 0.476. The maximum absolute atomic E-state index is 13.0. The van der Waals surface area contributed by atoms with Gasteiger partial charge in [-0.05, 0) is 17.7 Å². The van der Waals surface area contributed by atoms with Gasteiger partial charge in [0.2, 0.25) is 11.8 Å². The Kier molecular flexibility index (Phi) is 8.18. The van der Waals surface area contributed by atoms with Crippen LogP contribution in [0.2, 0.25) is 0 Å². The number of carbonyl (C=O) groups excluding carboxylic acids is 3. The molecule has 12 nitrogen and oxygen atoms in total. The summed E-state index contributed by atoms with van der Waals surface area (Å²) in [7, 11) is -3.53. The SMILES string of the molecule is CC(=O)NCCSC1=C(C(=O)OCc2ccc([N+](=O)[O-])cc2)N2C(=O)C(C(O)CS(C)(=O)=O)C2C1. The van der Waals surface area contributed by atoms with Gasteiger partial charge in [0.25, 0.3) is 5.69 Å². The lowest BCUT2D eigenvalue weighted by Crippen LogP contribution is -2.63. The number of fused-ring (bicyclic) bond motifs is 1. The van der Waals surface area contributed by atoms with E-state index in [1.165, 1.54) is 47.9 Å². The zero-order valence-corrected chi connectivity index (χ0v) is 20.6. The Balaban J connectivity index is 1.74. The fourth-order valence-electron chi connectivity index (χ4n) is 3.99. The van der Waals surface area contributed by atoms with Gasteiger partial charge in [0.1, 0.15) is 22.1 Å². The molecule has 1 aromatic carbocycles. The molecule has 0 radical (unpaired) electrons. The van der Waals surface area contributed by atoms with Gasteiger partial charge in [-0.25, -0.2) is 13.2 Å². The van der Waals surface area contributed by atoms with Crippen molar-refractivity contribution in [2.75, 3.05) is 24.3 Å². The van der Waals surface area contributed by atoms with Crippen molar-refractivity contribution in [2.24, 2.45) is 5.92 Å². The van der Waals surface area contributed by atoms with Crippen LogP contribution in [0.4, 0.5) is 5.69 Å². The van der Waals surface area contributed by atoms with Gasteiger partial charge in [-0.2, -0.15) is 0 Å². The highest BCUT2D eigenvalue weighted by Crippen LogP contribution is 2.47. The van der Waals surface area contributed by atoms with Crippen LogP contribution in [-0.4, -0.2) is 77.6 Å². The lowest BCUT2D eigenvalue weighted by Gasteiger charge is -2.45. The van der Waals surface area contributed by atoms with Gasteiger partial charge in [-0.1, -0.05) is 0 Å². The molecule has 0 bridgehead atoms. The highest BCUT2D eigenvalue weighted by atomic mass is 32.2. The number of non-ortho nitro benzene ring substituents is 1. The van der Waals surface area contributed by atoms with E-state index in [9.17, 15) is 38.0 Å². The van der Waals surface area contributed by atoms with Gasteiger partial charge in [-0.15, -0.1) is 11.8 Å². The number of hydrogen-bond donors (Lipinski definition) is 2. The fourth-order valence-corrected chi connectivity index (χ4v) is 5.87. The third-order valence-electron chi connectivity index (χ3n) is 5.52. The van der Waals surface area contributed by atoms with E-state index in [1.807, 2.05) is 0 Å². The maximum atomic E-state index is 13.0. The number of benzene rings is 1. The van der Waals surface area contributed by atoms with Crippen molar-refractivity contribution in [2.45, 2.75) is 32.1 Å². The molecular formula is C21H25N3O9S2. The van der Waals surface area contributed by atoms with Crippen molar-refractivity contribution in [1.29, 1.82) is 0 Å². The van der Waals surface area contributed by atoms with E-state index in [2.05, 4.69) is 5.32 Å². The first-order chi connectivity index (χ1) is 16.4. The molecule has 3 unspecified atom stereocenters. The quantitative estimate of drug-likeness (QED) is 0.134. The van der Waals surface area contributed by atoms with Crippen LogP contribution in [0.1, 0.15) is 18.9 Å². The van der Waals surface area contributed by atoms with Crippen LogP contribution in [0, 0.1) is 16.0 Å². The molecule has 1 fully saturated rings. The van der Waals surface area contributed by atoms with E-state index >= 15 is 0 Å². The number of nitro groups is 1. The topological polar surface area (TPSA) is 173 Å². The molecule has 35 heavy (non-hydrogen) atoms. The molecule has 2 amide bonds. The Morgan fingerprint density at radius 2 is 2.00 bits per heavy atom. The second kappa shape index (κ2) is 10.7. The zero-order valence-electron chi connectivity index (χ0n) is 19.0. The standard InChI is InChI=1S/C21H25N3O9S2/c1-12(25)22-7-8-34-17-9-15-18(16(26)11-35(2,31)32)20(27)23(15)19(17)21(28)33-10-13-3-5-14(6-4-13)24(29)30/h3-6,15-16,18,26H,7-11H2,1-2H3,(H,22,25). The lowest BCUT2D eigenvalue weighted by atomic mass is 9.83. The van der Waals surface area contributed by atoms with Crippen molar-refractivity contribution in [3.05, 3.63) is 50.5 Å². The van der Waals surface area contributed by atoms with Gasteiger partial charge < -0.3 is 20.1 Å². The van der Waals surface area contributed by atoms with Crippen molar-refractivity contribution in [3.63, 3.8) is 0 Å². The molecular weight excluding hydrogens is 502 g/mol. The Morgan fingerprint density at radius 3 is 2.57 bits per heavy atom. The number of aliphatic hydroxyl groups excluding tert-OH is 1. The molecule has 2 aliphatic rings. The summed E-state index contributed by atoms with van der Waals surface area (Å²) in [6.07, 6.45) is -0.196. The number of nitrogens with zero attached hydrogens (tertiary/aromatic N) is 2. The smallest absolute Gasteiger partial charge is 0.356 e. The van der Waals surface area contributed by atoms with Gasteiger partial charge in [-0.3, -0.25) is 19.7 Å². The van der Waals surface area contributed by atoms with Gasteiger partial charge in [0, 0.05) is 48.9 Å². The summed E-state index contributed by atoms with van der Waals surface area (Å²) in [4.78, 5) is 48.9. The minimum Gasteiger partial charge on any atom is -0.456 e. The molecule has 0 saturated carbocycles. The summed E-state index contributed by atoms with van der Waals surface area (Å²) < 4.78 is 28.5. The number of thioether (sulfide) groups is 1. The molecule has 1 saturated heterocycles. The van der Waals surface area contributed by atoms with Crippen LogP contribution in [0.5, 0.6) is 0 Å². The normalized spacial score (nSPS) is 20.2. The average Bonchev–Trinajstić information content (AvgIpc) is 3.08. The highest BCUT2D eigenvalue weighted by molar-refractivity contribution is 8.03. The number of esters is 1. The van der Waals surface area contributed by atoms with Crippen LogP contribution in [0.15, 0.2) is 34.9 Å². The molecule has 190 valence electrons. The second-order valence-corrected chi connectivity index (χ2v) is 11.6. The predicted molar refractivity (Wildman–Crippen MR) is 126 cm³/mol. The second-order valence-electron chi connectivity index (χ2n) is 8.27. The zero-order chi connectivity index (χ0) is 25.9. The van der Waals surface area contributed by atoms with E-state index in [0.29, 0.717) is 22.8 Å². The average molecular weight is 528 g/mol. The molecule has 3 rings (SSSR count). The minimum atomic E-state index is -3.53. The van der Waals surface area contributed by atoms with E-state index < -0.39 is 50.5 Å². The Labute approximate surface area is 205 Å². The van der Waals surface area contributed by atoms with Crippen LogP contribution < -0.4 is 5.32 Å². The van der Waals surface area contributed by atoms with E-state index in [0.717, 1.165) is 6.26 Å². The van der Waals surface area contributed by atoms with Crippen LogP contribution in [0.25, 0.3) is 0 Å². The van der Waals surface area contributed by atoms with Gasteiger partial charge >= 0.3 is 5.97 Å². The maximum Gasteiger partial charge on any atom is 0.356 e. The molecule has 2 heterocycles. The summed E-state index contributed by atoms with van der Waals surface area (Å²) in [5.41, 5.74) is 0.428. The summed E-state index contributed by atoms with van der Waals surface area (Å²) >= 11 is 1.26. The van der Waals surface area contributed by atoms with Crippen molar-refractivity contribution in [3.8, 4) is 0 Å². The molecule has 0 spiro atoms. The minimum absolute atomic E-state index is 0.0255. The van der Waals surface area contributed by atoms with Crippen molar-refractivity contribution in [1.82, 2.24) is 10.2 Å². The summed E-state index contributed by atoms with van der Waals surface area (Å²) in [5.74, 6) is -2.67. The Hall–Kier alpha value is -2.97. The number of nitro benzene ring substituents is 1. The Morgan fingerprint density at radius 1 is 1.34 bits per heavy atom. The first-order valence-electron chi connectivity index (χ1n) is 10.6. The van der Waals surface area contributed by atoms with Crippen LogP contribution in [0.3, 0.4) is 0 Å². The number of aliphatic hydroxyl groups is 1. The molecule has 0 aromatic heterocycles. The molecule has 0 aliphatic carbocycles. The number of amides is 2. The summed E-state index contributed by atoms with van der Waals surface area (Å²) in [6, 6.07) is 4.89. The largest absolute Gasteiger partial charge is 0.456 e. The summed E-state index contributed by atoms with van der Waals surface area (Å²) in [5, 5.41) is 23.8.